The first-order valence-electron chi connectivity index (χ1n) is 11.7. The van der Waals surface area contributed by atoms with Gasteiger partial charge < -0.3 is 10.0 Å². The van der Waals surface area contributed by atoms with Gasteiger partial charge in [0.1, 0.15) is 5.82 Å². The van der Waals surface area contributed by atoms with Crippen LogP contribution >= 0.6 is 0 Å². The molecule has 0 aliphatic carbocycles. The van der Waals surface area contributed by atoms with Crippen LogP contribution in [0.15, 0.2) is 72.8 Å². The Labute approximate surface area is 205 Å². The molecule has 0 bridgehead atoms. The molecular formula is C29H30FN3O2. The first-order valence-corrected chi connectivity index (χ1v) is 11.7. The minimum Gasteiger partial charge on any atom is -0.386 e. The van der Waals surface area contributed by atoms with Crippen LogP contribution in [-0.2, 0) is 15.9 Å². The van der Waals surface area contributed by atoms with E-state index in [-0.39, 0.29) is 17.8 Å². The van der Waals surface area contributed by atoms with Gasteiger partial charge in [0.2, 0.25) is 5.91 Å². The van der Waals surface area contributed by atoms with Gasteiger partial charge in [-0.25, -0.2) is 4.39 Å². The second-order valence-corrected chi connectivity index (χ2v) is 10.1. The van der Waals surface area contributed by atoms with Gasteiger partial charge in [-0.3, -0.25) is 10.1 Å². The van der Waals surface area contributed by atoms with E-state index in [0.29, 0.717) is 23.2 Å². The van der Waals surface area contributed by atoms with E-state index >= 15 is 0 Å². The maximum absolute atomic E-state index is 14.1. The van der Waals surface area contributed by atoms with E-state index in [2.05, 4.69) is 11.4 Å². The number of rotatable bonds is 6. The van der Waals surface area contributed by atoms with Gasteiger partial charge in [-0.05, 0) is 87.2 Å². The van der Waals surface area contributed by atoms with E-state index in [1.807, 2.05) is 44.2 Å². The second-order valence-electron chi connectivity index (χ2n) is 10.1. The van der Waals surface area contributed by atoms with Crippen molar-refractivity contribution < 1.29 is 14.3 Å². The van der Waals surface area contributed by atoms with E-state index in [0.717, 1.165) is 11.1 Å². The number of hydrogen-bond acceptors (Lipinski definition) is 4. The summed E-state index contributed by atoms with van der Waals surface area (Å²) in [5, 5.41) is 23.1. The fourth-order valence-corrected chi connectivity index (χ4v) is 4.68. The predicted octanol–water partition coefficient (Wildman–Crippen LogP) is 5.30. The van der Waals surface area contributed by atoms with E-state index in [4.69, 9.17) is 5.26 Å². The first-order chi connectivity index (χ1) is 16.5. The quantitative estimate of drug-likeness (QED) is 0.512. The second kappa shape index (κ2) is 9.26. The minimum atomic E-state index is -0.982. The highest BCUT2D eigenvalue weighted by Gasteiger charge is 2.43. The van der Waals surface area contributed by atoms with E-state index < -0.39 is 17.2 Å². The van der Waals surface area contributed by atoms with Crippen LogP contribution in [0.4, 0.5) is 10.1 Å². The molecule has 0 radical (unpaired) electrons. The van der Waals surface area contributed by atoms with Crippen LogP contribution in [0.1, 0.15) is 62.4 Å². The average molecular weight is 472 g/mol. The maximum Gasteiger partial charge on any atom is 0.244 e. The van der Waals surface area contributed by atoms with Crippen molar-refractivity contribution in [3.63, 3.8) is 0 Å². The summed E-state index contributed by atoms with van der Waals surface area (Å²) in [7, 11) is 0. The molecule has 0 unspecified atom stereocenters. The molecule has 0 aromatic heterocycles. The lowest BCUT2D eigenvalue weighted by Crippen LogP contribution is -2.47. The highest BCUT2D eigenvalue weighted by Crippen LogP contribution is 2.39. The number of carbonyl (C=O) groups excluding carboxylic acids is 1. The third kappa shape index (κ3) is 5.12. The van der Waals surface area contributed by atoms with Crippen LogP contribution in [0.3, 0.4) is 0 Å². The summed E-state index contributed by atoms with van der Waals surface area (Å²) in [5.74, 6) is -0.467. The molecule has 1 heterocycles. The number of aliphatic hydroxyl groups is 1. The molecule has 0 saturated carbocycles. The summed E-state index contributed by atoms with van der Waals surface area (Å²) in [6.07, 6.45) is 0.455. The number of hydrogen-bond donors (Lipinski definition) is 2. The highest BCUT2D eigenvalue weighted by atomic mass is 19.1. The lowest BCUT2D eigenvalue weighted by molar-refractivity contribution is -0.119. The molecule has 0 spiro atoms. The van der Waals surface area contributed by atoms with Gasteiger partial charge in [0.25, 0.3) is 0 Å². The van der Waals surface area contributed by atoms with Crippen LogP contribution in [0.5, 0.6) is 0 Å². The maximum atomic E-state index is 14.1. The van der Waals surface area contributed by atoms with Crippen molar-refractivity contribution in [1.29, 1.82) is 5.26 Å². The standard InChI is InChI=1S/C29H30FN3O2/c1-28(2,21-8-6-9-22(16-21)29(3,4)35)32-25-17-26(20-7-5-10-23(30)15-20)33(27(25)34)24-13-11-19(18-31)12-14-24/h5-16,25-26,32,35H,17H2,1-4H3/t25-,26-/m1/s1. The Balaban J connectivity index is 1.68. The SMILES string of the molecule is CC(C)(O)c1cccc(C(C)(C)N[C@@H]2C[C@H](c3cccc(F)c3)N(c3ccc(C#N)cc3)C2=O)c1. The van der Waals surface area contributed by atoms with E-state index in [1.54, 1.807) is 49.1 Å². The molecule has 1 amide bonds. The fraction of sp³-hybridized carbons (Fsp3) is 0.310. The number of nitriles is 1. The Morgan fingerprint density at radius 2 is 1.66 bits per heavy atom. The largest absolute Gasteiger partial charge is 0.386 e. The van der Waals surface area contributed by atoms with Crippen molar-refractivity contribution in [2.24, 2.45) is 0 Å². The summed E-state index contributed by atoms with van der Waals surface area (Å²) in [4.78, 5) is 15.4. The lowest BCUT2D eigenvalue weighted by atomic mass is 9.88. The zero-order valence-corrected chi connectivity index (χ0v) is 20.4. The normalized spacial score (nSPS) is 18.5. The van der Waals surface area contributed by atoms with Gasteiger partial charge in [-0.2, -0.15) is 5.26 Å². The number of nitrogens with zero attached hydrogens (tertiary/aromatic N) is 2. The average Bonchev–Trinajstić information content (AvgIpc) is 3.14. The number of halogens is 1. The Kier molecular flexibility index (Phi) is 6.50. The summed E-state index contributed by atoms with van der Waals surface area (Å²) in [6, 6.07) is 22.1. The molecule has 1 fully saturated rings. The van der Waals surface area contributed by atoms with Crippen LogP contribution in [0.2, 0.25) is 0 Å². The number of carbonyl (C=O) groups is 1. The number of benzene rings is 3. The van der Waals surface area contributed by atoms with Gasteiger partial charge in [-0.1, -0.05) is 36.4 Å². The molecule has 5 nitrogen and oxygen atoms in total. The zero-order chi connectivity index (χ0) is 25.4. The van der Waals surface area contributed by atoms with Crippen molar-refractivity contribution in [2.75, 3.05) is 4.90 Å². The Morgan fingerprint density at radius 3 is 2.29 bits per heavy atom. The van der Waals surface area contributed by atoms with E-state index in [9.17, 15) is 14.3 Å². The van der Waals surface area contributed by atoms with Crippen molar-refractivity contribution in [3.8, 4) is 6.07 Å². The molecule has 4 rings (SSSR count). The molecule has 35 heavy (non-hydrogen) atoms. The Bertz CT molecular complexity index is 1270. The summed E-state index contributed by atoms with van der Waals surface area (Å²) in [6.45, 7) is 7.49. The molecule has 3 aromatic carbocycles. The van der Waals surface area contributed by atoms with Crippen molar-refractivity contribution in [3.05, 3.63) is 101 Å². The zero-order valence-electron chi connectivity index (χ0n) is 20.4. The summed E-state index contributed by atoms with van der Waals surface area (Å²) < 4.78 is 14.1. The summed E-state index contributed by atoms with van der Waals surface area (Å²) in [5.41, 5.74) is 2.07. The highest BCUT2D eigenvalue weighted by molar-refractivity contribution is 6.00. The Morgan fingerprint density at radius 1 is 1.00 bits per heavy atom. The molecular weight excluding hydrogens is 441 g/mol. The van der Waals surface area contributed by atoms with Crippen LogP contribution in [0, 0.1) is 17.1 Å². The van der Waals surface area contributed by atoms with Gasteiger partial charge in [0, 0.05) is 11.2 Å². The van der Waals surface area contributed by atoms with E-state index in [1.165, 1.54) is 12.1 Å². The molecule has 1 saturated heterocycles. The third-order valence-electron chi connectivity index (χ3n) is 6.64. The van der Waals surface area contributed by atoms with Crippen LogP contribution in [0.25, 0.3) is 0 Å². The van der Waals surface area contributed by atoms with Crippen molar-refractivity contribution in [1.82, 2.24) is 5.32 Å². The molecule has 1 aliphatic rings. The van der Waals surface area contributed by atoms with Crippen LogP contribution < -0.4 is 10.2 Å². The van der Waals surface area contributed by atoms with Crippen LogP contribution in [-0.4, -0.2) is 17.1 Å². The molecule has 2 N–H and O–H groups in total. The van der Waals surface area contributed by atoms with Crippen molar-refractivity contribution in [2.45, 2.75) is 57.3 Å². The molecule has 1 aliphatic heterocycles. The van der Waals surface area contributed by atoms with Gasteiger partial charge in [-0.15, -0.1) is 0 Å². The minimum absolute atomic E-state index is 0.115. The topological polar surface area (TPSA) is 76.4 Å². The molecule has 3 aromatic rings. The Hall–Kier alpha value is -3.53. The molecule has 180 valence electrons. The summed E-state index contributed by atoms with van der Waals surface area (Å²) >= 11 is 0. The van der Waals surface area contributed by atoms with Crippen molar-refractivity contribution >= 4 is 11.6 Å². The first kappa shape index (κ1) is 24.6. The number of amides is 1. The van der Waals surface area contributed by atoms with Gasteiger partial charge in [0.05, 0.1) is 29.3 Å². The molecule has 2 atom stereocenters. The number of anilines is 1. The van der Waals surface area contributed by atoms with Gasteiger partial charge >= 0.3 is 0 Å². The number of nitrogens with one attached hydrogen (secondary N) is 1. The smallest absolute Gasteiger partial charge is 0.244 e. The molecule has 6 heteroatoms. The third-order valence-corrected chi connectivity index (χ3v) is 6.64. The lowest BCUT2D eigenvalue weighted by Gasteiger charge is -2.31. The predicted molar refractivity (Wildman–Crippen MR) is 134 cm³/mol. The fourth-order valence-electron chi connectivity index (χ4n) is 4.68. The van der Waals surface area contributed by atoms with Gasteiger partial charge in [0.15, 0.2) is 0 Å². The monoisotopic (exact) mass is 471 g/mol.